The first-order valence-electron chi connectivity index (χ1n) is 3.15. The Morgan fingerprint density at radius 2 is 2.33 bits per heavy atom. The van der Waals surface area contributed by atoms with Crippen molar-refractivity contribution in [2.45, 2.75) is 0 Å². The Balaban J connectivity index is 2.93. The lowest BCUT2D eigenvalue weighted by Gasteiger charge is -2.02. The Bertz CT molecular complexity index is 290. The van der Waals surface area contributed by atoms with Crippen molar-refractivity contribution in [1.82, 2.24) is 0 Å². The number of carbonyl (C=O) groups excluding carboxylic acids is 1. The fourth-order valence-corrected chi connectivity index (χ4v) is 0.953. The van der Waals surface area contributed by atoms with Crippen LogP contribution in [0.3, 0.4) is 0 Å². The highest BCUT2D eigenvalue weighted by Crippen LogP contribution is 2.20. The van der Waals surface area contributed by atoms with Gasteiger partial charge in [0.25, 0.3) is 0 Å². The molecule has 0 unspecified atom stereocenters. The number of benzene rings is 1. The van der Waals surface area contributed by atoms with E-state index in [0.717, 1.165) is 0 Å². The maximum Gasteiger partial charge on any atom is 0.569 e. The van der Waals surface area contributed by atoms with Gasteiger partial charge in [0.15, 0.2) is 6.29 Å². The number of halogens is 1. The molecule has 1 rings (SSSR count). The van der Waals surface area contributed by atoms with E-state index in [1.165, 1.54) is 18.2 Å². The fourth-order valence-electron chi connectivity index (χ4n) is 0.738. The molecule has 0 bridgehead atoms. The fraction of sp³-hybridized carbons (Fsp3) is 0. The smallest absolute Gasteiger partial charge is 0.537 e. The number of carbonyl (C=O) groups is 1. The van der Waals surface area contributed by atoms with Gasteiger partial charge in [0.2, 0.25) is 0 Å². The monoisotopic (exact) mass is 183 g/mol. The zero-order chi connectivity index (χ0) is 8.97. The van der Waals surface area contributed by atoms with Crippen molar-refractivity contribution < 1.29 is 14.5 Å². The maximum absolute atomic E-state index is 10.3. The summed E-state index contributed by atoms with van der Waals surface area (Å²) < 4.78 is 4.62. The van der Waals surface area contributed by atoms with Gasteiger partial charge in [0.05, 0.1) is 5.02 Å². The van der Waals surface area contributed by atoms with Gasteiger partial charge in [-0.05, 0) is 18.2 Å². The zero-order valence-corrected chi connectivity index (χ0v) is 6.78. The first-order valence-corrected chi connectivity index (χ1v) is 3.53. The van der Waals surface area contributed by atoms with E-state index in [2.05, 4.69) is 4.65 Å². The van der Waals surface area contributed by atoms with Crippen LogP contribution in [0.25, 0.3) is 0 Å². The van der Waals surface area contributed by atoms with Gasteiger partial charge in [-0.1, -0.05) is 11.6 Å². The Morgan fingerprint density at radius 1 is 1.58 bits per heavy atom. The number of aldehydes is 1. The lowest BCUT2D eigenvalue weighted by molar-refractivity contribution is 0.112. The average molecular weight is 183 g/mol. The Labute approximate surface area is 75.2 Å². The van der Waals surface area contributed by atoms with Crippen molar-refractivity contribution in [2.24, 2.45) is 0 Å². The molecule has 5 heteroatoms. The molecule has 0 fully saturated rings. The molecule has 61 valence electrons. The van der Waals surface area contributed by atoms with E-state index in [1.54, 1.807) is 0 Å². The van der Waals surface area contributed by atoms with Gasteiger partial charge in [0, 0.05) is 5.56 Å². The summed E-state index contributed by atoms with van der Waals surface area (Å²) in [5, 5.41) is 8.57. The third kappa shape index (κ3) is 2.00. The van der Waals surface area contributed by atoms with Gasteiger partial charge in [-0.25, -0.2) is 0 Å². The molecule has 12 heavy (non-hydrogen) atoms. The van der Waals surface area contributed by atoms with E-state index < -0.39 is 0 Å². The first kappa shape index (κ1) is 9.10. The second-order valence-corrected chi connectivity index (χ2v) is 2.43. The SMILES string of the molecule is O=Cc1ccc(O[B]O)cc1Cl. The van der Waals surface area contributed by atoms with Crippen molar-refractivity contribution >= 4 is 25.6 Å². The minimum atomic E-state index is 0.296. The molecule has 0 aliphatic heterocycles. The van der Waals surface area contributed by atoms with Crippen LogP contribution in [0.5, 0.6) is 5.75 Å². The van der Waals surface area contributed by atoms with Crippen LogP contribution in [-0.2, 0) is 0 Å². The first-order chi connectivity index (χ1) is 5.77. The molecule has 1 aromatic rings. The second-order valence-electron chi connectivity index (χ2n) is 2.02. The molecule has 0 amide bonds. The molecular formula is C7H5BClO3. The summed E-state index contributed by atoms with van der Waals surface area (Å²) in [5.74, 6) is 0.383. The van der Waals surface area contributed by atoms with Gasteiger partial charge < -0.3 is 9.68 Å². The van der Waals surface area contributed by atoms with E-state index in [1.807, 2.05) is 0 Å². The standard InChI is InChI=1S/C7H5BClO3/c9-7-3-6(12-8-11)2-1-5(7)4-10/h1-4,11H. The quantitative estimate of drug-likeness (QED) is 0.563. The summed E-state index contributed by atoms with van der Waals surface area (Å²) >= 11 is 5.66. The average Bonchev–Trinajstić information content (AvgIpc) is 2.05. The molecule has 0 aliphatic carbocycles. The summed E-state index contributed by atoms with van der Waals surface area (Å²) in [6.45, 7) is 0. The van der Waals surface area contributed by atoms with Crippen LogP contribution in [0.4, 0.5) is 0 Å². The predicted octanol–water partition coefficient (Wildman–Crippen LogP) is 1.06. The van der Waals surface area contributed by atoms with E-state index >= 15 is 0 Å². The van der Waals surface area contributed by atoms with Crippen LogP contribution in [0.1, 0.15) is 10.4 Å². The van der Waals surface area contributed by atoms with E-state index in [0.29, 0.717) is 30.3 Å². The third-order valence-electron chi connectivity index (χ3n) is 1.29. The highest BCUT2D eigenvalue weighted by atomic mass is 35.5. The molecule has 0 saturated heterocycles. The number of hydrogen-bond donors (Lipinski definition) is 1. The van der Waals surface area contributed by atoms with Crippen molar-refractivity contribution in [1.29, 1.82) is 0 Å². The zero-order valence-electron chi connectivity index (χ0n) is 6.03. The van der Waals surface area contributed by atoms with Gasteiger partial charge >= 0.3 is 7.69 Å². The number of hydrogen-bond acceptors (Lipinski definition) is 3. The van der Waals surface area contributed by atoms with Gasteiger partial charge in [-0.15, -0.1) is 0 Å². The second kappa shape index (κ2) is 4.14. The predicted molar refractivity (Wildman–Crippen MR) is 45.4 cm³/mol. The summed E-state index contributed by atoms with van der Waals surface area (Å²) in [6, 6.07) is 4.48. The minimum absolute atomic E-state index is 0.296. The van der Waals surface area contributed by atoms with Crippen molar-refractivity contribution in [3.8, 4) is 5.75 Å². The Kier molecular flexibility index (Phi) is 3.14. The molecule has 1 N–H and O–H groups in total. The van der Waals surface area contributed by atoms with Crippen LogP contribution < -0.4 is 4.65 Å². The minimum Gasteiger partial charge on any atom is -0.537 e. The topological polar surface area (TPSA) is 46.5 Å². The van der Waals surface area contributed by atoms with Crippen molar-refractivity contribution in [3.05, 3.63) is 28.8 Å². The third-order valence-corrected chi connectivity index (χ3v) is 1.61. The van der Waals surface area contributed by atoms with Gasteiger partial charge in [-0.3, -0.25) is 4.79 Å². The molecular weight excluding hydrogens is 178 g/mol. The summed E-state index contributed by atoms with van der Waals surface area (Å²) in [5.41, 5.74) is 0.391. The lowest BCUT2D eigenvalue weighted by Crippen LogP contribution is -1.99. The molecule has 0 aliphatic rings. The maximum atomic E-state index is 10.3. The number of rotatable bonds is 3. The molecule has 1 aromatic carbocycles. The highest BCUT2D eigenvalue weighted by molar-refractivity contribution is 6.33. The molecule has 0 saturated carbocycles. The van der Waals surface area contributed by atoms with Gasteiger partial charge in [0.1, 0.15) is 5.75 Å². The van der Waals surface area contributed by atoms with Crippen molar-refractivity contribution in [2.75, 3.05) is 0 Å². The summed E-state index contributed by atoms with van der Waals surface area (Å²) in [4.78, 5) is 10.3. The van der Waals surface area contributed by atoms with Crippen molar-refractivity contribution in [3.63, 3.8) is 0 Å². The normalized spacial score (nSPS) is 9.17. The van der Waals surface area contributed by atoms with E-state index in [4.69, 9.17) is 16.6 Å². The Hall–Kier alpha value is -0.995. The van der Waals surface area contributed by atoms with Crippen LogP contribution in [0, 0.1) is 0 Å². The van der Waals surface area contributed by atoms with E-state index in [9.17, 15) is 4.79 Å². The molecule has 1 radical (unpaired) electrons. The lowest BCUT2D eigenvalue weighted by atomic mass is 10.2. The van der Waals surface area contributed by atoms with Crippen LogP contribution >= 0.6 is 11.6 Å². The summed E-state index contributed by atoms with van der Waals surface area (Å²) in [7, 11) is 0.548. The van der Waals surface area contributed by atoms with Gasteiger partial charge in [-0.2, -0.15) is 0 Å². The molecule has 0 spiro atoms. The summed E-state index contributed by atoms with van der Waals surface area (Å²) in [6.07, 6.45) is 0.648. The van der Waals surface area contributed by atoms with Crippen LogP contribution in [-0.4, -0.2) is 19.0 Å². The van der Waals surface area contributed by atoms with Crippen LogP contribution in [0.15, 0.2) is 18.2 Å². The van der Waals surface area contributed by atoms with Crippen LogP contribution in [0.2, 0.25) is 5.02 Å². The highest BCUT2D eigenvalue weighted by Gasteiger charge is 2.01. The molecule has 0 aromatic heterocycles. The van der Waals surface area contributed by atoms with E-state index in [-0.39, 0.29) is 0 Å². The Morgan fingerprint density at radius 3 is 2.83 bits per heavy atom. The largest absolute Gasteiger partial charge is 0.569 e. The molecule has 0 atom stereocenters. The molecule has 0 heterocycles. The molecule has 3 nitrogen and oxygen atoms in total.